The van der Waals surface area contributed by atoms with Gasteiger partial charge in [0, 0.05) is 0 Å². The number of rotatable bonds is 7. The van der Waals surface area contributed by atoms with Crippen LogP contribution in [-0.2, 0) is 14.3 Å². The van der Waals surface area contributed by atoms with Gasteiger partial charge in [-0.1, -0.05) is 26.0 Å². The molecule has 0 atom stereocenters. The molecular formula is C18H23NO5. The van der Waals surface area contributed by atoms with Crippen molar-refractivity contribution in [1.82, 2.24) is 4.90 Å². The fourth-order valence-corrected chi connectivity index (χ4v) is 2.49. The second kappa shape index (κ2) is 7.13. The molecule has 0 saturated heterocycles. The third-order valence-corrected chi connectivity index (χ3v) is 3.65. The molecule has 1 aromatic carbocycles. The van der Waals surface area contributed by atoms with E-state index in [0.29, 0.717) is 17.7 Å². The summed E-state index contributed by atoms with van der Waals surface area (Å²) in [7, 11) is 0. The maximum Gasteiger partial charge on any atom is 0.332 e. The highest BCUT2D eigenvalue weighted by molar-refractivity contribution is 6.21. The number of ether oxygens (including phenoxy) is 2. The minimum atomic E-state index is -0.870. The minimum absolute atomic E-state index is 0.0508. The van der Waals surface area contributed by atoms with Crippen molar-refractivity contribution in [3.63, 3.8) is 0 Å². The highest BCUT2D eigenvalue weighted by Gasteiger charge is 2.44. The first kappa shape index (κ1) is 18.1. The van der Waals surface area contributed by atoms with Crippen LogP contribution in [0, 0.1) is 5.92 Å². The van der Waals surface area contributed by atoms with E-state index in [1.807, 2.05) is 13.8 Å². The zero-order valence-corrected chi connectivity index (χ0v) is 14.5. The van der Waals surface area contributed by atoms with Gasteiger partial charge in [0.1, 0.15) is 6.61 Å². The lowest BCUT2D eigenvalue weighted by molar-refractivity contribution is -0.150. The van der Waals surface area contributed by atoms with Gasteiger partial charge in [0.25, 0.3) is 11.8 Å². The van der Waals surface area contributed by atoms with Crippen molar-refractivity contribution in [2.45, 2.75) is 33.2 Å². The molecule has 2 rings (SSSR count). The van der Waals surface area contributed by atoms with Crippen LogP contribution in [-0.4, -0.2) is 48.0 Å². The molecule has 0 aromatic heterocycles. The lowest BCUT2D eigenvalue weighted by Gasteiger charge is -2.33. The van der Waals surface area contributed by atoms with E-state index in [1.165, 1.54) is 4.90 Å². The number of hydrogen-bond acceptors (Lipinski definition) is 5. The number of benzene rings is 1. The van der Waals surface area contributed by atoms with Crippen molar-refractivity contribution >= 4 is 17.8 Å². The fourth-order valence-electron chi connectivity index (χ4n) is 2.49. The van der Waals surface area contributed by atoms with Crippen LogP contribution in [0.3, 0.4) is 0 Å². The Morgan fingerprint density at radius 3 is 2.17 bits per heavy atom. The number of imide groups is 1. The molecule has 0 unspecified atom stereocenters. The van der Waals surface area contributed by atoms with Crippen molar-refractivity contribution in [2.24, 2.45) is 5.92 Å². The second-order valence-corrected chi connectivity index (χ2v) is 6.87. The van der Waals surface area contributed by atoms with Crippen LogP contribution in [0.2, 0.25) is 0 Å². The third-order valence-electron chi connectivity index (χ3n) is 3.65. The summed E-state index contributed by atoms with van der Waals surface area (Å²) in [5.41, 5.74) is -0.0789. The van der Waals surface area contributed by atoms with E-state index in [9.17, 15) is 14.4 Å². The summed E-state index contributed by atoms with van der Waals surface area (Å²) in [5, 5.41) is 0. The Bertz CT molecular complexity index is 616. The quantitative estimate of drug-likeness (QED) is 0.565. The molecule has 1 aliphatic rings. The molecule has 0 radical (unpaired) electrons. The number of hydrogen-bond donors (Lipinski definition) is 0. The number of nitrogens with zero attached hydrogens (tertiary/aromatic N) is 1. The SMILES string of the molecule is CC(C)COC(=O)COCC(C)(C)N1C(=O)c2ccccc2C1=O. The van der Waals surface area contributed by atoms with Crippen LogP contribution in [0.4, 0.5) is 0 Å². The number of fused-ring (bicyclic) bond motifs is 1. The van der Waals surface area contributed by atoms with E-state index in [0.717, 1.165) is 0 Å². The Balaban J connectivity index is 1.95. The summed E-state index contributed by atoms with van der Waals surface area (Å²) >= 11 is 0. The van der Waals surface area contributed by atoms with Gasteiger partial charge in [0.2, 0.25) is 0 Å². The second-order valence-electron chi connectivity index (χ2n) is 6.87. The van der Waals surface area contributed by atoms with Crippen LogP contribution in [0.5, 0.6) is 0 Å². The molecule has 0 fully saturated rings. The first-order valence-electron chi connectivity index (χ1n) is 7.95. The van der Waals surface area contributed by atoms with Crippen LogP contribution in [0.1, 0.15) is 48.4 Å². The lowest BCUT2D eigenvalue weighted by atomic mass is 10.0. The first-order chi connectivity index (χ1) is 11.2. The van der Waals surface area contributed by atoms with E-state index < -0.39 is 11.5 Å². The monoisotopic (exact) mass is 333 g/mol. The molecule has 6 nitrogen and oxygen atoms in total. The lowest BCUT2D eigenvalue weighted by Crippen LogP contribution is -2.50. The molecule has 1 aromatic rings. The van der Waals surface area contributed by atoms with Gasteiger partial charge < -0.3 is 9.47 Å². The van der Waals surface area contributed by atoms with E-state index in [1.54, 1.807) is 38.1 Å². The molecule has 6 heteroatoms. The molecule has 1 aliphatic heterocycles. The van der Waals surface area contributed by atoms with Gasteiger partial charge in [0.05, 0.1) is 29.9 Å². The van der Waals surface area contributed by atoms with Crippen molar-refractivity contribution in [3.05, 3.63) is 35.4 Å². The summed E-state index contributed by atoms with van der Waals surface area (Å²) in [6, 6.07) is 6.72. The Kier molecular flexibility index (Phi) is 5.39. The maximum atomic E-state index is 12.5. The van der Waals surface area contributed by atoms with Gasteiger partial charge in [-0.25, -0.2) is 4.79 Å². The van der Waals surface area contributed by atoms with E-state index >= 15 is 0 Å². The molecule has 130 valence electrons. The van der Waals surface area contributed by atoms with Gasteiger partial charge >= 0.3 is 5.97 Å². The summed E-state index contributed by atoms with van der Waals surface area (Å²) in [6.07, 6.45) is 0. The molecule has 0 saturated carbocycles. The molecule has 1 heterocycles. The van der Waals surface area contributed by atoms with E-state index in [2.05, 4.69) is 0 Å². The van der Waals surface area contributed by atoms with Crippen molar-refractivity contribution in [2.75, 3.05) is 19.8 Å². The number of esters is 1. The summed E-state index contributed by atoms with van der Waals surface area (Å²) in [6.45, 7) is 7.53. The summed E-state index contributed by atoms with van der Waals surface area (Å²) < 4.78 is 10.4. The largest absolute Gasteiger partial charge is 0.464 e. The van der Waals surface area contributed by atoms with Gasteiger partial charge in [-0.15, -0.1) is 0 Å². The molecule has 0 spiro atoms. The fraction of sp³-hybridized carbons (Fsp3) is 0.500. The minimum Gasteiger partial charge on any atom is -0.464 e. The van der Waals surface area contributed by atoms with Gasteiger partial charge in [-0.3, -0.25) is 14.5 Å². The highest BCUT2D eigenvalue weighted by Crippen LogP contribution is 2.29. The zero-order chi connectivity index (χ0) is 17.9. The molecule has 0 aliphatic carbocycles. The summed E-state index contributed by atoms with van der Waals surface area (Å²) in [5.74, 6) is -0.885. The van der Waals surface area contributed by atoms with Crippen LogP contribution in [0.25, 0.3) is 0 Å². The molecule has 0 N–H and O–H groups in total. The molecular weight excluding hydrogens is 310 g/mol. The molecule has 2 amide bonds. The van der Waals surface area contributed by atoms with Gasteiger partial charge in [0.15, 0.2) is 0 Å². The number of amides is 2. The average Bonchev–Trinajstić information content (AvgIpc) is 2.77. The number of carbonyl (C=O) groups excluding carboxylic acids is 3. The van der Waals surface area contributed by atoms with Crippen LogP contribution in [0.15, 0.2) is 24.3 Å². The van der Waals surface area contributed by atoms with Crippen LogP contribution >= 0.6 is 0 Å². The van der Waals surface area contributed by atoms with Gasteiger partial charge in [-0.05, 0) is 31.9 Å². The predicted molar refractivity (Wildman–Crippen MR) is 87.6 cm³/mol. The number of carbonyl (C=O) groups is 3. The molecule has 0 bridgehead atoms. The normalized spacial score (nSPS) is 14.3. The Morgan fingerprint density at radius 1 is 1.12 bits per heavy atom. The standard InChI is InChI=1S/C18H23NO5/c1-12(2)9-24-15(20)10-23-11-18(3,4)19-16(21)13-7-5-6-8-14(13)17(19)22/h5-8,12H,9-11H2,1-4H3. The Hall–Kier alpha value is -2.21. The Morgan fingerprint density at radius 2 is 1.67 bits per heavy atom. The Labute approximate surface area is 141 Å². The smallest absolute Gasteiger partial charge is 0.332 e. The first-order valence-corrected chi connectivity index (χ1v) is 7.95. The predicted octanol–water partition coefficient (Wildman–Crippen LogP) is 2.28. The average molecular weight is 333 g/mol. The topological polar surface area (TPSA) is 72.9 Å². The summed E-state index contributed by atoms with van der Waals surface area (Å²) in [4.78, 5) is 37.7. The van der Waals surface area contributed by atoms with E-state index in [4.69, 9.17) is 9.47 Å². The van der Waals surface area contributed by atoms with Crippen molar-refractivity contribution in [1.29, 1.82) is 0 Å². The van der Waals surface area contributed by atoms with Crippen LogP contribution < -0.4 is 0 Å². The van der Waals surface area contributed by atoms with Crippen molar-refractivity contribution in [3.8, 4) is 0 Å². The maximum absolute atomic E-state index is 12.5. The van der Waals surface area contributed by atoms with Gasteiger partial charge in [-0.2, -0.15) is 0 Å². The van der Waals surface area contributed by atoms with Crippen molar-refractivity contribution < 1.29 is 23.9 Å². The molecule has 24 heavy (non-hydrogen) atoms. The zero-order valence-electron chi connectivity index (χ0n) is 14.5. The third kappa shape index (κ3) is 3.82. The van der Waals surface area contributed by atoms with E-state index in [-0.39, 0.29) is 30.9 Å². The highest BCUT2D eigenvalue weighted by atomic mass is 16.6.